The average Bonchev–Trinajstić information content (AvgIpc) is 2.37. The number of phenols is 2. The number of hydrogen-bond donors (Lipinski definition) is 2. The normalized spacial score (nSPS) is 10.0. The molecule has 0 aliphatic rings. The van der Waals surface area contributed by atoms with Crippen LogP contribution in [0.25, 0.3) is 12.2 Å². The third kappa shape index (κ3) is 5.75. The van der Waals surface area contributed by atoms with E-state index in [9.17, 15) is 10.2 Å². The lowest BCUT2D eigenvalue weighted by molar-refractivity contribution is 0.277. The molecule has 2 aromatic carbocycles. The van der Waals surface area contributed by atoms with Crippen LogP contribution in [0.5, 0.6) is 11.5 Å². The molecule has 0 saturated heterocycles. The number of rotatable bonds is 2. The molecule has 0 unspecified atom stereocenters. The van der Waals surface area contributed by atoms with E-state index in [1.165, 1.54) is 6.07 Å². The molecular weight excluding hydrogens is 240 g/mol. The van der Waals surface area contributed by atoms with Gasteiger partial charge in [-0.3, -0.25) is 0 Å². The van der Waals surface area contributed by atoms with E-state index >= 15 is 0 Å². The molecule has 2 aromatic rings. The van der Waals surface area contributed by atoms with E-state index in [1.807, 2.05) is 42.5 Å². The van der Waals surface area contributed by atoms with Crippen LogP contribution in [-0.4, -0.2) is 24.4 Å². The maximum absolute atomic E-state index is 9.30. The average molecular weight is 258 g/mol. The Bertz CT molecular complexity index is 499. The lowest BCUT2D eigenvalue weighted by Crippen LogP contribution is -1.74. The number of phenolic OH excluding ortho intramolecular Hbond substituents is 2. The molecule has 0 aromatic heterocycles. The topological polar surface area (TPSA) is 49.7 Å². The molecule has 2 rings (SSSR count). The molecule has 0 heterocycles. The van der Waals surface area contributed by atoms with Gasteiger partial charge in [0.15, 0.2) is 0 Å². The lowest BCUT2D eigenvalue weighted by Gasteiger charge is -1.98. The van der Waals surface area contributed by atoms with Gasteiger partial charge in [0.25, 0.3) is 0 Å². The molecule has 3 heteroatoms. The van der Waals surface area contributed by atoms with E-state index in [0.717, 1.165) is 11.1 Å². The van der Waals surface area contributed by atoms with E-state index in [0.29, 0.717) is 0 Å². The van der Waals surface area contributed by atoms with Crippen LogP contribution >= 0.6 is 0 Å². The molecular formula is C16H18O3. The molecule has 100 valence electrons. The monoisotopic (exact) mass is 258 g/mol. The van der Waals surface area contributed by atoms with E-state index in [1.54, 1.807) is 26.4 Å². The van der Waals surface area contributed by atoms with Gasteiger partial charge >= 0.3 is 0 Å². The molecule has 19 heavy (non-hydrogen) atoms. The molecule has 0 fully saturated rings. The van der Waals surface area contributed by atoms with Gasteiger partial charge in [-0.05, 0) is 23.3 Å². The molecule has 0 amide bonds. The highest BCUT2D eigenvalue weighted by Gasteiger charge is 1.95. The van der Waals surface area contributed by atoms with Crippen molar-refractivity contribution in [3.05, 3.63) is 59.7 Å². The fraction of sp³-hybridized carbons (Fsp3) is 0.125. The number of benzene rings is 2. The quantitative estimate of drug-likeness (QED) is 0.810. The first-order valence-corrected chi connectivity index (χ1v) is 5.82. The first-order valence-electron chi connectivity index (χ1n) is 5.82. The Morgan fingerprint density at radius 2 is 1.26 bits per heavy atom. The second kappa shape index (κ2) is 7.95. The number of ether oxygens (including phenoxy) is 1. The van der Waals surface area contributed by atoms with E-state index in [4.69, 9.17) is 0 Å². The number of aromatic hydroxyl groups is 2. The summed E-state index contributed by atoms with van der Waals surface area (Å²) in [5.41, 5.74) is 1.84. The summed E-state index contributed by atoms with van der Waals surface area (Å²) >= 11 is 0. The van der Waals surface area contributed by atoms with Crippen LogP contribution < -0.4 is 0 Å². The van der Waals surface area contributed by atoms with Crippen molar-refractivity contribution in [2.75, 3.05) is 14.2 Å². The van der Waals surface area contributed by atoms with Crippen molar-refractivity contribution in [1.29, 1.82) is 0 Å². The van der Waals surface area contributed by atoms with Crippen LogP contribution in [-0.2, 0) is 4.74 Å². The van der Waals surface area contributed by atoms with Crippen LogP contribution in [0.3, 0.4) is 0 Å². The van der Waals surface area contributed by atoms with Gasteiger partial charge in [-0.2, -0.15) is 0 Å². The maximum atomic E-state index is 9.30. The summed E-state index contributed by atoms with van der Waals surface area (Å²) in [6, 6.07) is 14.3. The van der Waals surface area contributed by atoms with Crippen molar-refractivity contribution in [3.63, 3.8) is 0 Å². The molecule has 0 bridgehead atoms. The van der Waals surface area contributed by atoms with Crippen LogP contribution in [0.2, 0.25) is 0 Å². The largest absolute Gasteiger partial charge is 0.508 e. The minimum atomic E-state index is 0.0627. The third-order valence-electron chi connectivity index (χ3n) is 2.19. The van der Waals surface area contributed by atoms with E-state index < -0.39 is 0 Å². The molecule has 0 spiro atoms. The zero-order valence-corrected chi connectivity index (χ0v) is 11.1. The summed E-state index contributed by atoms with van der Waals surface area (Å²) < 4.78 is 4.25. The van der Waals surface area contributed by atoms with Crippen molar-refractivity contribution in [1.82, 2.24) is 0 Å². The Labute approximate surface area is 113 Å². The summed E-state index contributed by atoms with van der Waals surface area (Å²) in [7, 11) is 3.25. The molecule has 2 N–H and O–H groups in total. The van der Waals surface area contributed by atoms with Crippen LogP contribution in [0.1, 0.15) is 11.1 Å². The second-order valence-electron chi connectivity index (χ2n) is 3.94. The fourth-order valence-electron chi connectivity index (χ4n) is 1.47. The van der Waals surface area contributed by atoms with Gasteiger partial charge in [-0.15, -0.1) is 0 Å². The summed E-state index contributed by atoms with van der Waals surface area (Å²) in [5.74, 6) is 0.125. The fourth-order valence-corrected chi connectivity index (χ4v) is 1.47. The van der Waals surface area contributed by atoms with Gasteiger partial charge in [-0.25, -0.2) is 0 Å². The first kappa shape index (κ1) is 14.8. The predicted molar refractivity (Wildman–Crippen MR) is 78.1 cm³/mol. The number of hydrogen-bond acceptors (Lipinski definition) is 3. The maximum Gasteiger partial charge on any atom is 0.119 e. The Morgan fingerprint density at radius 3 is 1.79 bits per heavy atom. The minimum absolute atomic E-state index is 0.0627. The molecule has 0 aliphatic carbocycles. The first-order chi connectivity index (χ1) is 9.15. The SMILES string of the molecule is COC.Oc1cc(O)cc(/C=C/c2ccccc2)c1. The van der Waals surface area contributed by atoms with Gasteiger partial charge in [-0.1, -0.05) is 42.5 Å². The highest BCUT2D eigenvalue weighted by molar-refractivity contribution is 5.70. The highest BCUT2D eigenvalue weighted by Crippen LogP contribution is 2.21. The van der Waals surface area contributed by atoms with Crippen LogP contribution in [0.15, 0.2) is 48.5 Å². The summed E-state index contributed by atoms with van der Waals surface area (Å²) in [6.07, 6.45) is 3.77. The molecule has 0 radical (unpaired) electrons. The molecule has 0 aliphatic heterocycles. The summed E-state index contributed by atoms with van der Waals surface area (Å²) in [6.45, 7) is 0. The standard InChI is InChI=1S/C14H12O2.C2H6O/c15-13-8-12(9-14(16)10-13)7-6-11-4-2-1-3-5-11;1-3-2/h1-10,15-16H;1-2H3/b7-6+;. The van der Waals surface area contributed by atoms with Crippen molar-refractivity contribution < 1.29 is 14.9 Å². The van der Waals surface area contributed by atoms with Crippen LogP contribution in [0.4, 0.5) is 0 Å². The highest BCUT2D eigenvalue weighted by atomic mass is 16.4. The molecule has 0 atom stereocenters. The van der Waals surface area contributed by atoms with Gasteiger partial charge in [0, 0.05) is 20.3 Å². The summed E-state index contributed by atoms with van der Waals surface area (Å²) in [4.78, 5) is 0. The van der Waals surface area contributed by atoms with Crippen molar-refractivity contribution in [2.45, 2.75) is 0 Å². The van der Waals surface area contributed by atoms with E-state index in [-0.39, 0.29) is 11.5 Å². The smallest absolute Gasteiger partial charge is 0.119 e. The van der Waals surface area contributed by atoms with Crippen molar-refractivity contribution in [2.24, 2.45) is 0 Å². The Kier molecular flexibility index (Phi) is 6.19. The minimum Gasteiger partial charge on any atom is -0.508 e. The Balaban J connectivity index is 0.000000550. The Morgan fingerprint density at radius 1 is 0.789 bits per heavy atom. The second-order valence-corrected chi connectivity index (χ2v) is 3.94. The molecule has 0 saturated carbocycles. The zero-order valence-electron chi connectivity index (χ0n) is 11.1. The van der Waals surface area contributed by atoms with Crippen molar-refractivity contribution >= 4 is 12.2 Å². The van der Waals surface area contributed by atoms with E-state index in [2.05, 4.69) is 4.74 Å². The van der Waals surface area contributed by atoms with Gasteiger partial charge in [0.1, 0.15) is 11.5 Å². The van der Waals surface area contributed by atoms with Gasteiger partial charge < -0.3 is 14.9 Å². The van der Waals surface area contributed by atoms with Crippen molar-refractivity contribution in [3.8, 4) is 11.5 Å². The predicted octanol–water partition coefficient (Wildman–Crippen LogP) is 3.53. The van der Waals surface area contributed by atoms with Gasteiger partial charge in [0.05, 0.1) is 0 Å². The zero-order chi connectivity index (χ0) is 14.1. The summed E-state index contributed by atoms with van der Waals surface area (Å²) in [5, 5.41) is 18.6. The Hall–Kier alpha value is -2.26. The third-order valence-corrected chi connectivity index (χ3v) is 2.19. The van der Waals surface area contributed by atoms with Gasteiger partial charge in [0.2, 0.25) is 0 Å². The molecule has 3 nitrogen and oxygen atoms in total. The number of methoxy groups -OCH3 is 1. The lowest BCUT2D eigenvalue weighted by atomic mass is 10.1. The van der Waals surface area contributed by atoms with Crippen LogP contribution in [0, 0.1) is 0 Å².